The zero-order valence-electron chi connectivity index (χ0n) is 25.5. The maximum Gasteiger partial charge on any atom is 0.234 e. The molecule has 5 aromatic heterocycles. The van der Waals surface area contributed by atoms with E-state index in [2.05, 4.69) is 72.0 Å². The van der Waals surface area contributed by atoms with Gasteiger partial charge >= 0.3 is 0 Å². The Kier molecular flexibility index (Phi) is 8.01. The van der Waals surface area contributed by atoms with Gasteiger partial charge in [-0.2, -0.15) is 5.26 Å². The van der Waals surface area contributed by atoms with Crippen molar-refractivity contribution in [2.45, 2.75) is 38.8 Å². The van der Waals surface area contributed by atoms with E-state index in [1.807, 2.05) is 48.7 Å². The highest BCUT2D eigenvalue weighted by Gasteiger charge is 2.21. The number of likely N-dealkylation sites (tertiary alicyclic amines) is 1. The third-order valence-electron chi connectivity index (χ3n) is 8.38. The van der Waals surface area contributed by atoms with Crippen LogP contribution in [0.1, 0.15) is 36.7 Å². The average molecular weight is 608 g/mol. The van der Waals surface area contributed by atoms with E-state index < -0.39 is 0 Å². The van der Waals surface area contributed by atoms with Crippen molar-refractivity contribution in [3.8, 4) is 34.5 Å². The smallest absolute Gasteiger partial charge is 0.234 e. The van der Waals surface area contributed by atoms with Crippen molar-refractivity contribution in [1.82, 2.24) is 39.4 Å². The molecule has 0 spiro atoms. The topological polar surface area (TPSA) is 147 Å². The number of pyridine rings is 3. The van der Waals surface area contributed by atoms with Crippen molar-refractivity contribution in [2.24, 2.45) is 0 Å². The van der Waals surface area contributed by atoms with E-state index in [-0.39, 0.29) is 5.82 Å². The van der Waals surface area contributed by atoms with E-state index >= 15 is 0 Å². The second kappa shape index (κ2) is 12.7. The van der Waals surface area contributed by atoms with Crippen LogP contribution in [0.5, 0.6) is 0 Å². The third-order valence-corrected chi connectivity index (χ3v) is 8.38. The Labute approximate surface area is 266 Å². The molecule has 1 aliphatic heterocycles. The van der Waals surface area contributed by atoms with Gasteiger partial charge in [0.25, 0.3) is 0 Å². The van der Waals surface area contributed by atoms with Crippen molar-refractivity contribution < 1.29 is 0 Å². The van der Waals surface area contributed by atoms with Gasteiger partial charge in [-0.25, -0.2) is 24.9 Å². The van der Waals surface area contributed by atoms with Gasteiger partial charge in [0.15, 0.2) is 11.5 Å². The van der Waals surface area contributed by atoms with E-state index in [9.17, 15) is 0 Å². The number of nitrogens with two attached hydrogens (primary N) is 1. The molecular formula is C35H33N11. The summed E-state index contributed by atoms with van der Waals surface area (Å²) in [6, 6.07) is 24.5. The Morgan fingerprint density at radius 1 is 0.870 bits per heavy atom. The first-order chi connectivity index (χ1) is 22.6. The first-order valence-electron chi connectivity index (χ1n) is 15.4. The maximum absolute atomic E-state index is 9.08. The molecule has 0 bridgehead atoms. The number of hydrogen-bond donors (Lipinski definition) is 2. The highest BCUT2D eigenvalue weighted by Crippen LogP contribution is 2.32. The molecule has 228 valence electrons. The highest BCUT2D eigenvalue weighted by molar-refractivity contribution is 5.84. The summed E-state index contributed by atoms with van der Waals surface area (Å²) in [6.07, 6.45) is 8.12. The molecule has 6 heterocycles. The van der Waals surface area contributed by atoms with Crippen LogP contribution in [0.15, 0.2) is 85.3 Å². The lowest BCUT2D eigenvalue weighted by Crippen LogP contribution is -2.38. The number of nitriles is 1. The monoisotopic (exact) mass is 607 g/mol. The number of benzene rings is 1. The Balaban J connectivity index is 1.13. The Morgan fingerprint density at radius 2 is 1.67 bits per heavy atom. The lowest BCUT2D eigenvalue weighted by Gasteiger charge is -2.32. The number of nitrogens with zero attached hydrogens (tertiary/aromatic N) is 9. The summed E-state index contributed by atoms with van der Waals surface area (Å²) in [6.45, 7) is 4.90. The van der Waals surface area contributed by atoms with Gasteiger partial charge < -0.3 is 11.1 Å². The van der Waals surface area contributed by atoms with Crippen molar-refractivity contribution in [3.05, 3.63) is 102 Å². The van der Waals surface area contributed by atoms with E-state index in [1.54, 1.807) is 12.4 Å². The van der Waals surface area contributed by atoms with Gasteiger partial charge in [-0.05, 0) is 78.9 Å². The molecular weight excluding hydrogens is 574 g/mol. The number of rotatable bonds is 8. The molecule has 0 aliphatic carbocycles. The molecule has 1 fully saturated rings. The van der Waals surface area contributed by atoms with Crippen LogP contribution in [0.2, 0.25) is 0 Å². The molecule has 0 amide bonds. The third kappa shape index (κ3) is 5.98. The zero-order chi connectivity index (χ0) is 31.5. The van der Waals surface area contributed by atoms with Crippen LogP contribution in [0.4, 0.5) is 11.6 Å². The predicted molar refractivity (Wildman–Crippen MR) is 178 cm³/mol. The number of imidazole rings is 1. The van der Waals surface area contributed by atoms with Crippen molar-refractivity contribution in [1.29, 1.82) is 5.26 Å². The number of nitrogens with one attached hydrogen (secondary N) is 1. The quantitative estimate of drug-likeness (QED) is 0.230. The minimum absolute atomic E-state index is 0.181. The summed E-state index contributed by atoms with van der Waals surface area (Å²) < 4.78 is 2.05. The average Bonchev–Trinajstić information content (AvgIpc) is 3.48. The van der Waals surface area contributed by atoms with E-state index in [0.717, 1.165) is 72.7 Å². The number of aromatic nitrogens is 7. The molecule has 11 heteroatoms. The fourth-order valence-electron chi connectivity index (χ4n) is 5.86. The van der Waals surface area contributed by atoms with Crippen LogP contribution in [-0.2, 0) is 13.0 Å². The van der Waals surface area contributed by atoms with Crippen LogP contribution < -0.4 is 11.1 Å². The van der Waals surface area contributed by atoms with Crippen LogP contribution in [0.25, 0.3) is 39.6 Å². The number of piperidine rings is 1. The van der Waals surface area contributed by atoms with Crippen LogP contribution in [-0.4, -0.2) is 58.5 Å². The molecule has 3 N–H and O–H groups in total. The van der Waals surface area contributed by atoms with E-state index in [0.29, 0.717) is 23.5 Å². The Hall–Kier alpha value is -5.73. The zero-order valence-corrected chi connectivity index (χ0v) is 25.5. The second-order valence-corrected chi connectivity index (χ2v) is 11.4. The molecule has 0 unspecified atom stereocenters. The Morgan fingerprint density at radius 3 is 2.41 bits per heavy atom. The normalized spacial score (nSPS) is 13.9. The second-order valence-electron chi connectivity index (χ2n) is 11.4. The molecule has 0 saturated carbocycles. The van der Waals surface area contributed by atoms with Gasteiger partial charge in [-0.1, -0.05) is 25.1 Å². The summed E-state index contributed by atoms with van der Waals surface area (Å²) in [5.41, 5.74) is 13.5. The van der Waals surface area contributed by atoms with Crippen molar-refractivity contribution in [2.75, 3.05) is 24.1 Å². The van der Waals surface area contributed by atoms with Gasteiger partial charge in [-0.3, -0.25) is 14.5 Å². The van der Waals surface area contributed by atoms with Gasteiger partial charge in [0, 0.05) is 50.0 Å². The molecule has 1 aromatic carbocycles. The molecule has 6 aromatic rings. The maximum atomic E-state index is 9.08. The molecule has 11 nitrogen and oxygen atoms in total. The lowest BCUT2D eigenvalue weighted by atomic mass is 10.0. The minimum atomic E-state index is 0.181. The minimum Gasteiger partial charge on any atom is -0.383 e. The van der Waals surface area contributed by atoms with Gasteiger partial charge in [-0.15, -0.1) is 0 Å². The number of aryl methyl sites for hydroxylation is 1. The fraction of sp³-hybridized carbons (Fsp3) is 0.229. The van der Waals surface area contributed by atoms with E-state index in [4.69, 9.17) is 21.0 Å². The summed E-state index contributed by atoms with van der Waals surface area (Å²) in [7, 11) is 0. The fourth-order valence-corrected chi connectivity index (χ4v) is 5.86. The Bertz CT molecular complexity index is 2020. The molecule has 46 heavy (non-hydrogen) atoms. The van der Waals surface area contributed by atoms with Crippen molar-refractivity contribution >= 4 is 22.8 Å². The summed E-state index contributed by atoms with van der Waals surface area (Å²) >= 11 is 0. The summed E-state index contributed by atoms with van der Waals surface area (Å²) in [4.78, 5) is 29.7. The van der Waals surface area contributed by atoms with Crippen LogP contribution >= 0.6 is 0 Å². The van der Waals surface area contributed by atoms with Gasteiger partial charge in [0.2, 0.25) is 5.82 Å². The summed E-state index contributed by atoms with van der Waals surface area (Å²) in [5, 5.41) is 12.5. The SMILES string of the molecule is CCc1ccc(-c2ccc3nc(-c4cccnc4N)n(-c4ccc(CN5CCC(Nc6ccnc(C#N)n6)CC5)cc4)c3n2)nc1. The largest absolute Gasteiger partial charge is 0.383 e. The number of hydrogen-bond acceptors (Lipinski definition) is 10. The predicted octanol–water partition coefficient (Wildman–Crippen LogP) is 5.43. The molecule has 1 saturated heterocycles. The lowest BCUT2D eigenvalue weighted by molar-refractivity contribution is 0.211. The first-order valence-corrected chi connectivity index (χ1v) is 15.4. The molecule has 0 atom stereocenters. The first kappa shape index (κ1) is 29.0. The van der Waals surface area contributed by atoms with Crippen LogP contribution in [0, 0.1) is 11.3 Å². The van der Waals surface area contributed by atoms with Crippen LogP contribution in [0.3, 0.4) is 0 Å². The number of fused-ring (bicyclic) bond motifs is 1. The van der Waals surface area contributed by atoms with Gasteiger partial charge in [0.05, 0.1) is 17.0 Å². The summed E-state index contributed by atoms with van der Waals surface area (Å²) in [5.74, 6) is 1.98. The highest BCUT2D eigenvalue weighted by atomic mass is 15.2. The number of nitrogen functional groups attached to an aromatic ring is 1. The standard InChI is InChI=1S/C35H33N11/c1-2-23-7-10-28(40-21-23)29-11-12-30-35(42-29)46(34(43-30)27-4-3-16-39-33(27)37)26-8-5-24(6-9-26)22-45-18-14-25(15-19-45)41-31-13-17-38-32(20-36)44-31/h3-13,16-17,21,25H,2,14-15,18-19,22H2,1H3,(H2,37,39)(H,38,41,44). The van der Waals surface area contributed by atoms with Gasteiger partial charge in [0.1, 0.15) is 23.2 Å². The van der Waals surface area contributed by atoms with E-state index in [1.165, 1.54) is 11.1 Å². The molecule has 0 radical (unpaired) electrons. The molecule has 1 aliphatic rings. The number of anilines is 2. The van der Waals surface area contributed by atoms with Crippen molar-refractivity contribution in [3.63, 3.8) is 0 Å². The molecule has 7 rings (SSSR count).